The zero-order valence-corrected chi connectivity index (χ0v) is 19.0. The summed E-state index contributed by atoms with van der Waals surface area (Å²) in [5.74, 6) is -0.370. The van der Waals surface area contributed by atoms with E-state index in [4.69, 9.17) is 39.5 Å². The second-order valence-electron chi connectivity index (χ2n) is 5.88. The SMILES string of the molecule is CNC(=O)[C@H](C)N(Cc1c(Cl)cccc1Cl)C(=O)COc1ccc(Br)cc1Cl. The molecule has 0 saturated heterocycles. The smallest absolute Gasteiger partial charge is 0.261 e. The number of nitrogens with zero attached hydrogens (tertiary/aromatic N) is 1. The largest absolute Gasteiger partial charge is 0.482 e. The number of benzene rings is 2. The molecule has 1 N–H and O–H groups in total. The van der Waals surface area contributed by atoms with Crippen LogP contribution >= 0.6 is 50.7 Å². The number of rotatable bonds is 7. The van der Waals surface area contributed by atoms with Gasteiger partial charge in [0.2, 0.25) is 5.91 Å². The lowest BCUT2D eigenvalue weighted by Crippen LogP contribution is -2.48. The lowest BCUT2D eigenvalue weighted by molar-refractivity contribution is -0.142. The van der Waals surface area contributed by atoms with Gasteiger partial charge in [-0.3, -0.25) is 9.59 Å². The van der Waals surface area contributed by atoms with E-state index in [0.717, 1.165) is 4.47 Å². The molecule has 2 aromatic carbocycles. The number of ether oxygens (including phenoxy) is 1. The predicted octanol–water partition coefficient (Wildman–Crippen LogP) is 4.95. The Morgan fingerprint density at radius 1 is 1.14 bits per heavy atom. The van der Waals surface area contributed by atoms with E-state index in [1.165, 1.54) is 11.9 Å². The minimum atomic E-state index is -0.756. The molecule has 0 fully saturated rings. The monoisotopic (exact) mass is 506 g/mol. The normalized spacial score (nSPS) is 11.6. The van der Waals surface area contributed by atoms with Gasteiger partial charge in [-0.2, -0.15) is 0 Å². The molecular weight excluding hydrogens is 490 g/mol. The quantitative estimate of drug-likeness (QED) is 0.576. The molecule has 28 heavy (non-hydrogen) atoms. The molecule has 0 aliphatic rings. The Labute approximate surface area is 187 Å². The van der Waals surface area contributed by atoms with Gasteiger partial charge in [-0.05, 0) is 37.3 Å². The van der Waals surface area contributed by atoms with Crippen molar-refractivity contribution in [2.75, 3.05) is 13.7 Å². The van der Waals surface area contributed by atoms with Gasteiger partial charge >= 0.3 is 0 Å². The van der Waals surface area contributed by atoms with Crippen molar-refractivity contribution in [2.24, 2.45) is 0 Å². The number of carbonyl (C=O) groups excluding carboxylic acids is 2. The fraction of sp³-hybridized carbons (Fsp3) is 0.263. The highest BCUT2D eigenvalue weighted by atomic mass is 79.9. The van der Waals surface area contributed by atoms with E-state index < -0.39 is 11.9 Å². The van der Waals surface area contributed by atoms with Gasteiger partial charge in [0.15, 0.2) is 6.61 Å². The highest BCUT2D eigenvalue weighted by Gasteiger charge is 2.27. The van der Waals surface area contributed by atoms with E-state index in [1.54, 1.807) is 43.3 Å². The molecule has 0 unspecified atom stereocenters. The van der Waals surface area contributed by atoms with Crippen LogP contribution in [0.1, 0.15) is 12.5 Å². The number of hydrogen-bond donors (Lipinski definition) is 1. The van der Waals surface area contributed by atoms with Crippen LogP contribution in [0.25, 0.3) is 0 Å². The molecule has 0 aliphatic carbocycles. The second-order valence-corrected chi connectivity index (χ2v) is 8.01. The van der Waals surface area contributed by atoms with Crippen molar-refractivity contribution in [3.05, 3.63) is 61.5 Å². The van der Waals surface area contributed by atoms with Gasteiger partial charge in [0.25, 0.3) is 5.91 Å². The topological polar surface area (TPSA) is 58.6 Å². The van der Waals surface area contributed by atoms with E-state index in [9.17, 15) is 9.59 Å². The van der Waals surface area contributed by atoms with Crippen molar-refractivity contribution in [3.8, 4) is 5.75 Å². The van der Waals surface area contributed by atoms with Crippen LogP contribution in [0, 0.1) is 0 Å². The summed E-state index contributed by atoms with van der Waals surface area (Å²) in [4.78, 5) is 26.4. The number of likely N-dealkylation sites (N-methyl/N-ethyl adjacent to an activating group) is 1. The molecule has 5 nitrogen and oxygen atoms in total. The molecule has 0 saturated carbocycles. The molecule has 1 atom stereocenters. The average molecular weight is 509 g/mol. The highest BCUT2D eigenvalue weighted by Crippen LogP contribution is 2.29. The Morgan fingerprint density at radius 2 is 1.79 bits per heavy atom. The van der Waals surface area contributed by atoms with Crippen LogP contribution in [0.2, 0.25) is 15.1 Å². The summed E-state index contributed by atoms with van der Waals surface area (Å²) in [6.07, 6.45) is 0. The maximum atomic E-state index is 12.9. The molecule has 0 radical (unpaired) electrons. The summed E-state index contributed by atoms with van der Waals surface area (Å²) < 4.78 is 6.35. The van der Waals surface area contributed by atoms with E-state index in [0.29, 0.717) is 26.4 Å². The molecule has 0 aliphatic heterocycles. The molecule has 2 amide bonds. The third-order valence-corrected chi connectivity index (χ3v) is 5.55. The lowest BCUT2D eigenvalue weighted by Gasteiger charge is -2.29. The Morgan fingerprint density at radius 3 is 2.36 bits per heavy atom. The molecule has 150 valence electrons. The van der Waals surface area contributed by atoms with Crippen LogP contribution in [0.3, 0.4) is 0 Å². The van der Waals surface area contributed by atoms with Gasteiger partial charge < -0.3 is 15.0 Å². The third kappa shape index (κ3) is 5.77. The van der Waals surface area contributed by atoms with Crippen LogP contribution in [0.15, 0.2) is 40.9 Å². The summed E-state index contributed by atoms with van der Waals surface area (Å²) in [6, 6.07) is 9.37. The molecule has 2 rings (SSSR count). The fourth-order valence-electron chi connectivity index (χ4n) is 2.46. The van der Waals surface area contributed by atoms with E-state index in [1.807, 2.05) is 0 Å². The summed E-state index contributed by atoms with van der Waals surface area (Å²) in [5.41, 5.74) is 0.552. The Hall–Kier alpha value is -1.47. The third-order valence-electron chi connectivity index (χ3n) is 4.05. The minimum Gasteiger partial charge on any atom is -0.482 e. The van der Waals surface area contributed by atoms with Crippen LogP contribution < -0.4 is 10.1 Å². The summed E-state index contributed by atoms with van der Waals surface area (Å²) in [5, 5.41) is 3.72. The standard InChI is InChI=1S/C19H18BrCl3N2O3/c1-11(19(27)24-2)25(9-13-14(21)4-3-5-15(13)22)18(26)10-28-17-7-6-12(20)8-16(17)23/h3-8,11H,9-10H2,1-2H3,(H,24,27)/t11-/m0/s1. The summed E-state index contributed by atoms with van der Waals surface area (Å²) in [7, 11) is 1.50. The van der Waals surface area contributed by atoms with Crippen LogP contribution in [0.4, 0.5) is 0 Å². The van der Waals surface area contributed by atoms with Gasteiger partial charge in [-0.25, -0.2) is 0 Å². The van der Waals surface area contributed by atoms with Crippen molar-refractivity contribution in [1.29, 1.82) is 0 Å². The zero-order chi connectivity index (χ0) is 20.8. The van der Waals surface area contributed by atoms with Gasteiger partial charge in [0.1, 0.15) is 11.8 Å². The van der Waals surface area contributed by atoms with Gasteiger partial charge in [0.05, 0.1) is 5.02 Å². The van der Waals surface area contributed by atoms with Crippen LogP contribution in [-0.2, 0) is 16.1 Å². The first-order valence-electron chi connectivity index (χ1n) is 8.26. The first kappa shape index (κ1) is 22.8. The molecule has 0 spiro atoms. The Bertz CT molecular complexity index is 859. The Balaban J connectivity index is 2.22. The Kier molecular flexibility index (Phi) is 8.43. The van der Waals surface area contributed by atoms with E-state index in [-0.39, 0.29) is 19.1 Å². The number of halogens is 4. The maximum absolute atomic E-state index is 12.9. The van der Waals surface area contributed by atoms with E-state index >= 15 is 0 Å². The van der Waals surface area contributed by atoms with E-state index in [2.05, 4.69) is 21.2 Å². The number of amides is 2. The first-order valence-corrected chi connectivity index (χ1v) is 10.2. The maximum Gasteiger partial charge on any atom is 0.261 e. The molecule has 0 aromatic heterocycles. The van der Waals surface area contributed by atoms with Gasteiger partial charge in [-0.1, -0.05) is 56.8 Å². The van der Waals surface area contributed by atoms with Crippen LogP contribution in [-0.4, -0.2) is 36.4 Å². The summed E-state index contributed by atoms with van der Waals surface area (Å²) >= 11 is 21.9. The summed E-state index contributed by atoms with van der Waals surface area (Å²) in [6.45, 7) is 1.38. The molecular formula is C19H18BrCl3N2O3. The number of hydrogen-bond acceptors (Lipinski definition) is 3. The molecule has 0 heterocycles. The number of carbonyl (C=O) groups is 2. The second kappa shape index (κ2) is 10.3. The van der Waals surface area contributed by atoms with Crippen molar-refractivity contribution in [1.82, 2.24) is 10.2 Å². The van der Waals surface area contributed by atoms with Gasteiger partial charge in [0, 0.05) is 33.7 Å². The number of nitrogens with one attached hydrogen (secondary N) is 1. The molecule has 9 heteroatoms. The van der Waals surface area contributed by atoms with Crippen molar-refractivity contribution < 1.29 is 14.3 Å². The fourth-order valence-corrected chi connectivity index (χ4v) is 3.70. The van der Waals surface area contributed by atoms with Crippen molar-refractivity contribution in [2.45, 2.75) is 19.5 Å². The van der Waals surface area contributed by atoms with Crippen molar-refractivity contribution in [3.63, 3.8) is 0 Å². The van der Waals surface area contributed by atoms with Crippen LogP contribution in [0.5, 0.6) is 5.75 Å². The zero-order valence-electron chi connectivity index (χ0n) is 15.1. The molecule has 0 bridgehead atoms. The first-order chi connectivity index (χ1) is 13.2. The van der Waals surface area contributed by atoms with Gasteiger partial charge in [-0.15, -0.1) is 0 Å². The predicted molar refractivity (Wildman–Crippen MR) is 115 cm³/mol. The van der Waals surface area contributed by atoms with Crippen molar-refractivity contribution >= 4 is 62.5 Å². The minimum absolute atomic E-state index is 0.0589. The average Bonchev–Trinajstić information content (AvgIpc) is 2.65. The lowest BCUT2D eigenvalue weighted by atomic mass is 10.1. The highest BCUT2D eigenvalue weighted by molar-refractivity contribution is 9.10. The molecule has 2 aromatic rings.